The summed E-state index contributed by atoms with van der Waals surface area (Å²) in [6, 6.07) is 1.06. The number of nitrogens with one attached hydrogen (secondary N) is 2. The molecule has 0 saturated heterocycles. The number of ether oxygens (including phenoxy) is 1. The van der Waals surface area contributed by atoms with Gasteiger partial charge in [-0.25, -0.2) is 0 Å². The summed E-state index contributed by atoms with van der Waals surface area (Å²) in [6.07, 6.45) is 1.74. The number of nitrogens with zero attached hydrogens (tertiary/aromatic N) is 2. The second kappa shape index (κ2) is 8.38. The van der Waals surface area contributed by atoms with E-state index < -0.39 is 6.04 Å². The number of rotatable bonds is 8. The molecule has 0 aromatic carbocycles. The van der Waals surface area contributed by atoms with Gasteiger partial charge in [-0.2, -0.15) is 5.10 Å². The van der Waals surface area contributed by atoms with Crippen molar-refractivity contribution < 1.29 is 14.3 Å². The van der Waals surface area contributed by atoms with Gasteiger partial charge in [-0.15, -0.1) is 0 Å². The summed E-state index contributed by atoms with van der Waals surface area (Å²) >= 11 is 0. The lowest BCUT2D eigenvalue weighted by Gasteiger charge is -2.14. The van der Waals surface area contributed by atoms with Crippen molar-refractivity contribution in [2.24, 2.45) is 11.7 Å². The van der Waals surface area contributed by atoms with Crippen molar-refractivity contribution in [3.8, 4) is 0 Å². The highest BCUT2D eigenvalue weighted by atomic mass is 16.5. The van der Waals surface area contributed by atoms with Gasteiger partial charge in [0.15, 0.2) is 5.82 Å². The number of nitrogens with two attached hydrogens (primary N) is 1. The fraction of sp³-hybridized carbons (Fsp3) is 0.615. The number of carbonyl (C=O) groups excluding carboxylic acids is 2. The van der Waals surface area contributed by atoms with E-state index >= 15 is 0 Å². The Balaban J connectivity index is 2.36. The molecule has 1 heterocycles. The summed E-state index contributed by atoms with van der Waals surface area (Å²) in [5.74, 6) is -0.245. The van der Waals surface area contributed by atoms with Gasteiger partial charge in [0.05, 0.1) is 25.7 Å². The average molecular weight is 297 g/mol. The summed E-state index contributed by atoms with van der Waals surface area (Å²) in [4.78, 5) is 23.3. The van der Waals surface area contributed by atoms with E-state index in [-0.39, 0.29) is 24.3 Å². The van der Waals surface area contributed by atoms with Crippen molar-refractivity contribution in [3.05, 3.63) is 12.3 Å². The Morgan fingerprint density at radius 1 is 1.48 bits per heavy atom. The van der Waals surface area contributed by atoms with Gasteiger partial charge in [0.25, 0.3) is 0 Å². The van der Waals surface area contributed by atoms with E-state index in [1.807, 2.05) is 13.8 Å². The quantitative estimate of drug-likeness (QED) is 0.603. The summed E-state index contributed by atoms with van der Waals surface area (Å²) in [5.41, 5.74) is 5.68. The molecule has 118 valence electrons. The molecule has 0 aliphatic carbocycles. The predicted octanol–water partition coefficient (Wildman–Crippen LogP) is -0.432. The van der Waals surface area contributed by atoms with Crippen LogP contribution in [0.4, 0.5) is 5.82 Å². The molecule has 0 bridgehead atoms. The first-order chi connectivity index (χ1) is 9.93. The first kappa shape index (κ1) is 17.1. The number of carbonyl (C=O) groups is 2. The third-order valence-electron chi connectivity index (χ3n) is 2.88. The maximum Gasteiger partial charge on any atom is 0.244 e. The molecule has 0 radical (unpaired) electrons. The van der Waals surface area contributed by atoms with Gasteiger partial charge in [0.2, 0.25) is 11.8 Å². The highest BCUT2D eigenvalue weighted by Gasteiger charge is 2.17. The molecule has 0 fully saturated rings. The van der Waals surface area contributed by atoms with Gasteiger partial charge < -0.3 is 21.1 Å². The van der Waals surface area contributed by atoms with Gasteiger partial charge in [0, 0.05) is 19.4 Å². The van der Waals surface area contributed by atoms with Gasteiger partial charge in [-0.1, -0.05) is 13.8 Å². The molecule has 1 rings (SSSR count). The van der Waals surface area contributed by atoms with Crippen LogP contribution in [0.5, 0.6) is 0 Å². The molecule has 8 heteroatoms. The van der Waals surface area contributed by atoms with Crippen LogP contribution in [0.1, 0.15) is 13.8 Å². The maximum atomic E-state index is 11.7. The Morgan fingerprint density at radius 3 is 2.81 bits per heavy atom. The SMILES string of the molecule is COCCn1ccc(NC(=O)CNC(=O)[C@@H](N)C(C)C)n1. The van der Waals surface area contributed by atoms with Gasteiger partial charge in [0.1, 0.15) is 0 Å². The molecule has 0 aliphatic rings. The Bertz CT molecular complexity index is 472. The second-order valence-electron chi connectivity index (χ2n) is 4.99. The van der Waals surface area contributed by atoms with Crippen molar-refractivity contribution in [1.29, 1.82) is 0 Å². The van der Waals surface area contributed by atoms with Crippen molar-refractivity contribution in [3.63, 3.8) is 0 Å². The molecule has 0 aliphatic heterocycles. The molecular weight excluding hydrogens is 274 g/mol. The smallest absolute Gasteiger partial charge is 0.244 e. The number of methoxy groups -OCH3 is 1. The number of aromatic nitrogens is 2. The maximum absolute atomic E-state index is 11.7. The van der Waals surface area contributed by atoms with Crippen molar-refractivity contribution in [1.82, 2.24) is 15.1 Å². The molecule has 0 spiro atoms. The zero-order valence-corrected chi connectivity index (χ0v) is 12.6. The van der Waals surface area contributed by atoms with Gasteiger partial charge in [-0.3, -0.25) is 14.3 Å². The van der Waals surface area contributed by atoms with E-state index in [2.05, 4.69) is 15.7 Å². The van der Waals surface area contributed by atoms with Crippen LogP contribution in [0.15, 0.2) is 12.3 Å². The van der Waals surface area contributed by atoms with E-state index in [1.165, 1.54) is 0 Å². The monoisotopic (exact) mass is 297 g/mol. The van der Waals surface area contributed by atoms with Crippen molar-refractivity contribution >= 4 is 17.6 Å². The van der Waals surface area contributed by atoms with Crippen LogP contribution in [0.2, 0.25) is 0 Å². The molecular formula is C13H23N5O3. The third kappa shape index (κ3) is 5.92. The van der Waals surface area contributed by atoms with Crippen LogP contribution in [0.3, 0.4) is 0 Å². The molecule has 4 N–H and O–H groups in total. The number of hydrogen-bond donors (Lipinski definition) is 3. The fourth-order valence-corrected chi connectivity index (χ4v) is 1.51. The normalized spacial score (nSPS) is 12.2. The Kier molecular flexibility index (Phi) is 6.83. The minimum absolute atomic E-state index is 0.0181. The Labute approximate surface area is 124 Å². The van der Waals surface area contributed by atoms with E-state index in [4.69, 9.17) is 10.5 Å². The summed E-state index contributed by atoms with van der Waals surface area (Å²) in [7, 11) is 1.61. The topological polar surface area (TPSA) is 111 Å². The lowest BCUT2D eigenvalue weighted by atomic mass is 10.1. The van der Waals surface area contributed by atoms with Crippen LogP contribution in [-0.4, -0.2) is 47.9 Å². The summed E-state index contributed by atoms with van der Waals surface area (Å²) < 4.78 is 6.59. The third-order valence-corrected chi connectivity index (χ3v) is 2.88. The van der Waals surface area contributed by atoms with Gasteiger partial charge >= 0.3 is 0 Å². The minimum Gasteiger partial charge on any atom is -0.383 e. The molecule has 0 unspecified atom stereocenters. The number of hydrogen-bond acceptors (Lipinski definition) is 5. The van der Waals surface area contributed by atoms with Crippen LogP contribution >= 0.6 is 0 Å². The highest BCUT2D eigenvalue weighted by Crippen LogP contribution is 2.02. The van der Waals surface area contributed by atoms with Gasteiger partial charge in [-0.05, 0) is 5.92 Å². The van der Waals surface area contributed by atoms with E-state index in [9.17, 15) is 9.59 Å². The summed E-state index contributed by atoms with van der Waals surface area (Å²) in [5, 5.41) is 9.23. The van der Waals surface area contributed by atoms with Crippen LogP contribution < -0.4 is 16.4 Å². The molecule has 1 aromatic rings. The standard InChI is InChI=1S/C13H23N5O3/c1-9(2)12(14)13(20)15-8-11(19)16-10-4-5-18(17-10)6-7-21-3/h4-5,9,12H,6-8,14H2,1-3H3,(H,15,20)(H,16,17,19)/t12-/m0/s1. The van der Waals surface area contributed by atoms with E-state index in [0.29, 0.717) is 19.0 Å². The highest BCUT2D eigenvalue weighted by molar-refractivity contribution is 5.94. The zero-order valence-electron chi connectivity index (χ0n) is 12.6. The lowest BCUT2D eigenvalue weighted by Crippen LogP contribution is -2.46. The average Bonchev–Trinajstić information content (AvgIpc) is 2.88. The fourth-order valence-electron chi connectivity index (χ4n) is 1.51. The van der Waals surface area contributed by atoms with Crippen LogP contribution in [0.25, 0.3) is 0 Å². The first-order valence-electron chi connectivity index (χ1n) is 6.79. The Hall–Kier alpha value is -1.93. The van der Waals surface area contributed by atoms with Crippen LogP contribution in [-0.2, 0) is 20.9 Å². The lowest BCUT2D eigenvalue weighted by molar-refractivity contribution is -0.125. The second-order valence-corrected chi connectivity index (χ2v) is 4.99. The molecule has 2 amide bonds. The largest absolute Gasteiger partial charge is 0.383 e. The Morgan fingerprint density at radius 2 is 2.19 bits per heavy atom. The molecule has 1 atom stereocenters. The first-order valence-corrected chi connectivity index (χ1v) is 6.79. The summed E-state index contributed by atoms with van der Waals surface area (Å²) in [6.45, 7) is 4.70. The predicted molar refractivity (Wildman–Crippen MR) is 78.6 cm³/mol. The molecule has 8 nitrogen and oxygen atoms in total. The molecule has 21 heavy (non-hydrogen) atoms. The minimum atomic E-state index is -0.619. The van der Waals surface area contributed by atoms with E-state index in [0.717, 1.165) is 0 Å². The molecule has 1 aromatic heterocycles. The van der Waals surface area contributed by atoms with Crippen LogP contribution in [0, 0.1) is 5.92 Å². The van der Waals surface area contributed by atoms with E-state index in [1.54, 1.807) is 24.1 Å². The number of anilines is 1. The van der Waals surface area contributed by atoms with Crippen molar-refractivity contribution in [2.75, 3.05) is 25.6 Å². The number of amides is 2. The zero-order chi connectivity index (χ0) is 15.8. The molecule has 0 saturated carbocycles. The van der Waals surface area contributed by atoms with Crippen molar-refractivity contribution in [2.45, 2.75) is 26.4 Å².